The smallest absolute Gasteiger partial charge is 0.257 e. The van der Waals surface area contributed by atoms with Gasteiger partial charge in [0.2, 0.25) is 0 Å². The number of nitrogens with one attached hydrogen (secondary N) is 2. The van der Waals surface area contributed by atoms with Crippen LogP contribution in [0.1, 0.15) is 38.7 Å². The molecule has 25 heavy (non-hydrogen) atoms. The molecule has 0 amide bonds. The highest BCUT2D eigenvalue weighted by atomic mass is 16.1. The summed E-state index contributed by atoms with van der Waals surface area (Å²) in [4.78, 5) is 20.7. The minimum atomic E-state index is -0.0646. The van der Waals surface area contributed by atoms with Crippen LogP contribution in [0.25, 0.3) is 22.2 Å². The van der Waals surface area contributed by atoms with Gasteiger partial charge in [-0.05, 0) is 62.6 Å². The molecule has 4 heteroatoms. The van der Waals surface area contributed by atoms with Gasteiger partial charge < -0.3 is 9.97 Å². The SMILES string of the molecule is C[C@@H]1CCC[C@H](C)N1Cc1ccc2[nH]c(-c3ccc[nH]c3=O)cc2c1. The summed E-state index contributed by atoms with van der Waals surface area (Å²) in [6, 6.07) is 13.6. The van der Waals surface area contributed by atoms with E-state index in [1.807, 2.05) is 12.1 Å². The molecule has 4 nitrogen and oxygen atoms in total. The van der Waals surface area contributed by atoms with E-state index in [9.17, 15) is 4.79 Å². The molecule has 1 saturated heterocycles. The first-order chi connectivity index (χ1) is 12.1. The van der Waals surface area contributed by atoms with Gasteiger partial charge in [0.1, 0.15) is 0 Å². The highest BCUT2D eigenvalue weighted by molar-refractivity contribution is 5.86. The maximum absolute atomic E-state index is 12.0. The predicted molar refractivity (Wildman–Crippen MR) is 103 cm³/mol. The van der Waals surface area contributed by atoms with E-state index in [1.165, 1.54) is 24.8 Å². The highest BCUT2D eigenvalue weighted by Gasteiger charge is 2.24. The number of hydrogen-bond donors (Lipinski definition) is 2. The number of nitrogens with zero attached hydrogens (tertiary/aromatic N) is 1. The lowest BCUT2D eigenvalue weighted by molar-refractivity contribution is 0.0953. The fraction of sp³-hybridized carbons (Fsp3) is 0.381. The topological polar surface area (TPSA) is 51.9 Å². The van der Waals surface area contributed by atoms with Crippen LogP contribution in [0.3, 0.4) is 0 Å². The molecule has 0 saturated carbocycles. The Morgan fingerprint density at radius 1 is 1.12 bits per heavy atom. The van der Waals surface area contributed by atoms with Crippen molar-refractivity contribution >= 4 is 10.9 Å². The first-order valence-electron chi connectivity index (χ1n) is 9.17. The van der Waals surface area contributed by atoms with Crippen molar-refractivity contribution in [1.82, 2.24) is 14.9 Å². The number of aromatic amines is 2. The first kappa shape index (κ1) is 16.2. The maximum Gasteiger partial charge on any atom is 0.257 e. The normalized spacial score (nSPS) is 21.7. The van der Waals surface area contributed by atoms with Crippen LogP contribution >= 0.6 is 0 Å². The molecule has 1 fully saturated rings. The number of rotatable bonds is 3. The number of H-pyrrole nitrogens is 2. The minimum absolute atomic E-state index is 0.0646. The van der Waals surface area contributed by atoms with Crippen molar-refractivity contribution in [2.45, 2.75) is 51.7 Å². The molecule has 1 aromatic carbocycles. The molecule has 1 aliphatic heterocycles. The molecule has 0 bridgehead atoms. The Hall–Kier alpha value is -2.33. The van der Waals surface area contributed by atoms with Gasteiger partial charge in [-0.3, -0.25) is 9.69 Å². The van der Waals surface area contributed by atoms with Crippen LogP contribution in [0.5, 0.6) is 0 Å². The van der Waals surface area contributed by atoms with E-state index < -0.39 is 0 Å². The van der Waals surface area contributed by atoms with Crippen LogP contribution < -0.4 is 5.56 Å². The third-order valence-corrected chi connectivity index (χ3v) is 5.53. The molecule has 4 rings (SSSR count). The summed E-state index contributed by atoms with van der Waals surface area (Å²) in [7, 11) is 0. The average molecular weight is 335 g/mol. The fourth-order valence-corrected chi connectivity index (χ4v) is 4.06. The summed E-state index contributed by atoms with van der Waals surface area (Å²) >= 11 is 0. The van der Waals surface area contributed by atoms with Gasteiger partial charge in [0.05, 0.1) is 11.3 Å². The third kappa shape index (κ3) is 3.14. The molecule has 0 radical (unpaired) electrons. The summed E-state index contributed by atoms with van der Waals surface area (Å²) in [5.41, 5.74) is 3.89. The minimum Gasteiger partial charge on any atom is -0.354 e. The van der Waals surface area contributed by atoms with Crippen LogP contribution in [-0.2, 0) is 6.54 Å². The summed E-state index contributed by atoms with van der Waals surface area (Å²) in [6.45, 7) is 5.67. The lowest BCUT2D eigenvalue weighted by atomic mass is 9.96. The molecule has 0 unspecified atom stereocenters. The van der Waals surface area contributed by atoms with E-state index in [2.05, 4.69) is 53.0 Å². The fourth-order valence-electron chi connectivity index (χ4n) is 4.06. The molecular weight excluding hydrogens is 310 g/mol. The second-order valence-electron chi connectivity index (χ2n) is 7.32. The summed E-state index contributed by atoms with van der Waals surface area (Å²) in [6.07, 6.45) is 5.58. The van der Waals surface area contributed by atoms with Crippen molar-refractivity contribution < 1.29 is 0 Å². The first-order valence-corrected chi connectivity index (χ1v) is 9.17. The van der Waals surface area contributed by atoms with E-state index in [0.29, 0.717) is 17.6 Å². The lowest BCUT2D eigenvalue weighted by Gasteiger charge is -2.39. The number of aromatic nitrogens is 2. The number of benzene rings is 1. The van der Waals surface area contributed by atoms with E-state index in [0.717, 1.165) is 23.1 Å². The molecule has 0 aliphatic carbocycles. The summed E-state index contributed by atoms with van der Waals surface area (Å²) in [5, 5.41) is 1.16. The monoisotopic (exact) mass is 335 g/mol. The van der Waals surface area contributed by atoms with Crippen LogP contribution in [0.15, 0.2) is 47.4 Å². The van der Waals surface area contributed by atoms with Crippen molar-refractivity contribution in [1.29, 1.82) is 0 Å². The lowest BCUT2D eigenvalue weighted by Crippen LogP contribution is -2.42. The van der Waals surface area contributed by atoms with Gasteiger partial charge in [0.15, 0.2) is 0 Å². The molecule has 130 valence electrons. The van der Waals surface area contributed by atoms with Gasteiger partial charge in [0, 0.05) is 35.7 Å². The number of piperidine rings is 1. The number of likely N-dealkylation sites (tertiary alicyclic amines) is 1. The van der Waals surface area contributed by atoms with Crippen LogP contribution in [-0.4, -0.2) is 27.0 Å². The van der Waals surface area contributed by atoms with Crippen molar-refractivity contribution in [3.05, 3.63) is 58.5 Å². The molecule has 3 aromatic rings. The number of pyridine rings is 1. The average Bonchev–Trinajstić information content (AvgIpc) is 3.01. The van der Waals surface area contributed by atoms with Crippen LogP contribution in [0, 0.1) is 0 Å². The molecule has 2 atom stereocenters. The van der Waals surface area contributed by atoms with Gasteiger partial charge in [-0.1, -0.05) is 12.5 Å². The van der Waals surface area contributed by atoms with E-state index in [-0.39, 0.29) is 5.56 Å². The zero-order valence-corrected chi connectivity index (χ0v) is 14.9. The molecule has 2 N–H and O–H groups in total. The van der Waals surface area contributed by atoms with Crippen molar-refractivity contribution in [3.8, 4) is 11.3 Å². The zero-order valence-electron chi connectivity index (χ0n) is 14.9. The molecule has 3 heterocycles. The summed E-state index contributed by atoms with van der Waals surface area (Å²) in [5.74, 6) is 0. The van der Waals surface area contributed by atoms with Crippen molar-refractivity contribution in [2.75, 3.05) is 0 Å². The largest absolute Gasteiger partial charge is 0.354 e. The maximum atomic E-state index is 12.0. The third-order valence-electron chi connectivity index (χ3n) is 5.53. The van der Waals surface area contributed by atoms with Gasteiger partial charge in [-0.2, -0.15) is 0 Å². The summed E-state index contributed by atoms with van der Waals surface area (Å²) < 4.78 is 0. The molecular formula is C21H25N3O. The van der Waals surface area contributed by atoms with Gasteiger partial charge in [-0.25, -0.2) is 0 Å². The van der Waals surface area contributed by atoms with Crippen LogP contribution in [0.2, 0.25) is 0 Å². The standard InChI is InChI=1S/C21H25N3O/c1-14-5-3-6-15(2)24(14)13-16-8-9-19-17(11-16)12-20(23-19)18-7-4-10-22-21(18)25/h4,7-12,14-15,23H,3,5-6,13H2,1-2H3,(H,22,25)/t14-,15+. The van der Waals surface area contributed by atoms with Gasteiger partial charge >= 0.3 is 0 Å². The Balaban J connectivity index is 1.64. The number of fused-ring (bicyclic) bond motifs is 1. The second kappa shape index (κ2) is 6.52. The Labute approximate surface area is 147 Å². The van der Waals surface area contributed by atoms with Crippen molar-refractivity contribution in [3.63, 3.8) is 0 Å². The molecule has 2 aromatic heterocycles. The Morgan fingerprint density at radius 2 is 1.92 bits per heavy atom. The van der Waals surface area contributed by atoms with Crippen LogP contribution in [0.4, 0.5) is 0 Å². The van der Waals surface area contributed by atoms with E-state index >= 15 is 0 Å². The zero-order chi connectivity index (χ0) is 17.4. The number of hydrogen-bond acceptors (Lipinski definition) is 2. The quantitative estimate of drug-likeness (QED) is 0.750. The van der Waals surface area contributed by atoms with E-state index in [4.69, 9.17) is 0 Å². The van der Waals surface area contributed by atoms with Gasteiger partial charge in [0.25, 0.3) is 5.56 Å². The molecule has 0 spiro atoms. The van der Waals surface area contributed by atoms with Crippen molar-refractivity contribution in [2.24, 2.45) is 0 Å². The van der Waals surface area contributed by atoms with Gasteiger partial charge in [-0.15, -0.1) is 0 Å². The van der Waals surface area contributed by atoms with E-state index in [1.54, 1.807) is 6.20 Å². The highest BCUT2D eigenvalue weighted by Crippen LogP contribution is 2.27. The Morgan fingerprint density at radius 3 is 2.68 bits per heavy atom. The predicted octanol–water partition coefficient (Wildman–Crippen LogP) is 4.29. The second-order valence-corrected chi connectivity index (χ2v) is 7.32. The Bertz CT molecular complexity index is 929. The Kier molecular flexibility index (Phi) is 4.22. The molecule has 1 aliphatic rings.